The van der Waals surface area contributed by atoms with Gasteiger partial charge in [0.15, 0.2) is 0 Å². The molecule has 1 heterocycles. The van der Waals surface area contributed by atoms with Crippen molar-refractivity contribution in [2.24, 2.45) is 0 Å². The Morgan fingerprint density at radius 3 is 2.90 bits per heavy atom. The van der Waals surface area contributed by atoms with Crippen LogP contribution >= 0.6 is 0 Å². The van der Waals surface area contributed by atoms with E-state index in [1.165, 1.54) is 0 Å². The molecule has 0 spiro atoms. The molecule has 2 atom stereocenters. The van der Waals surface area contributed by atoms with Crippen LogP contribution in [-0.2, 0) is 4.79 Å². The minimum absolute atomic E-state index is 0.106. The van der Waals surface area contributed by atoms with Crippen molar-refractivity contribution in [2.75, 3.05) is 32.1 Å². The summed E-state index contributed by atoms with van der Waals surface area (Å²) in [6, 6.07) is 6.07. The zero-order chi connectivity index (χ0) is 15.4. The van der Waals surface area contributed by atoms with Gasteiger partial charge in [-0.15, -0.1) is 0 Å². The predicted molar refractivity (Wildman–Crippen MR) is 84.9 cm³/mol. The van der Waals surface area contributed by atoms with Gasteiger partial charge in [-0.25, -0.2) is 0 Å². The highest BCUT2D eigenvalue weighted by atomic mass is 16.5. The molecule has 5 nitrogen and oxygen atoms in total. The number of nitrogens with one attached hydrogen (secondary N) is 2. The minimum Gasteiger partial charge on any atom is -0.496 e. The number of rotatable bonds is 5. The van der Waals surface area contributed by atoms with Crippen LogP contribution in [0.2, 0.25) is 0 Å². The zero-order valence-corrected chi connectivity index (χ0v) is 13.3. The number of amides is 1. The normalized spacial score (nSPS) is 20.1. The quantitative estimate of drug-likeness (QED) is 0.867. The van der Waals surface area contributed by atoms with E-state index in [0.29, 0.717) is 6.54 Å². The van der Waals surface area contributed by atoms with Gasteiger partial charge in [-0.2, -0.15) is 0 Å². The molecule has 1 saturated heterocycles. The van der Waals surface area contributed by atoms with Crippen molar-refractivity contribution in [1.29, 1.82) is 0 Å². The van der Waals surface area contributed by atoms with Crippen LogP contribution in [-0.4, -0.2) is 39.2 Å². The lowest BCUT2D eigenvalue weighted by Crippen LogP contribution is -2.55. The summed E-state index contributed by atoms with van der Waals surface area (Å²) < 4.78 is 5.53. The molecule has 1 amide bonds. The van der Waals surface area contributed by atoms with Crippen molar-refractivity contribution in [3.8, 4) is 5.75 Å². The standard InChI is InChI=1S/C16H25N3O2/c1-5-12-16(20)18-9-10-19(12)13-7-6-8-14(21-4)15(13)11(2)17-3/h6-8,11-12,17H,5,9-10H2,1-4H3,(H,18,20). The van der Waals surface area contributed by atoms with Crippen molar-refractivity contribution < 1.29 is 9.53 Å². The fraction of sp³-hybridized carbons (Fsp3) is 0.562. The number of carbonyl (C=O) groups excluding carboxylic acids is 1. The molecule has 2 N–H and O–H groups in total. The first kappa shape index (κ1) is 15.6. The Hall–Kier alpha value is -1.75. The number of methoxy groups -OCH3 is 1. The Balaban J connectivity index is 2.49. The van der Waals surface area contributed by atoms with Gasteiger partial charge in [-0.05, 0) is 32.5 Å². The van der Waals surface area contributed by atoms with Crippen molar-refractivity contribution >= 4 is 11.6 Å². The number of anilines is 1. The summed E-state index contributed by atoms with van der Waals surface area (Å²) in [7, 11) is 3.62. The van der Waals surface area contributed by atoms with Crippen LogP contribution in [0.3, 0.4) is 0 Å². The number of ether oxygens (including phenoxy) is 1. The average molecular weight is 291 g/mol. The molecule has 0 aromatic heterocycles. The van der Waals surface area contributed by atoms with Gasteiger partial charge in [0.1, 0.15) is 11.8 Å². The Kier molecular flexibility index (Phi) is 5.07. The summed E-state index contributed by atoms with van der Waals surface area (Å²) in [5.41, 5.74) is 2.19. The maximum absolute atomic E-state index is 12.1. The highest BCUT2D eigenvalue weighted by molar-refractivity contribution is 5.87. The van der Waals surface area contributed by atoms with Crippen LogP contribution in [0.4, 0.5) is 5.69 Å². The average Bonchev–Trinajstić information content (AvgIpc) is 2.53. The highest BCUT2D eigenvalue weighted by Gasteiger charge is 2.31. The van der Waals surface area contributed by atoms with Crippen LogP contribution in [0.1, 0.15) is 31.9 Å². The van der Waals surface area contributed by atoms with E-state index in [4.69, 9.17) is 4.74 Å². The fourth-order valence-corrected chi connectivity index (χ4v) is 2.95. The molecule has 0 radical (unpaired) electrons. The molecule has 0 saturated carbocycles. The summed E-state index contributed by atoms with van der Waals surface area (Å²) >= 11 is 0. The first-order valence-corrected chi connectivity index (χ1v) is 7.52. The van der Waals surface area contributed by atoms with Crippen LogP contribution in [0, 0.1) is 0 Å². The number of hydrogen-bond acceptors (Lipinski definition) is 4. The van der Waals surface area contributed by atoms with Crippen molar-refractivity contribution in [2.45, 2.75) is 32.4 Å². The molecule has 0 aliphatic carbocycles. The van der Waals surface area contributed by atoms with Gasteiger partial charge in [0.25, 0.3) is 0 Å². The molecule has 0 bridgehead atoms. The molecule has 1 aliphatic rings. The number of carbonyl (C=O) groups is 1. The summed E-state index contributed by atoms with van der Waals surface area (Å²) in [4.78, 5) is 14.3. The maximum atomic E-state index is 12.1. The van der Waals surface area contributed by atoms with Crippen molar-refractivity contribution in [3.05, 3.63) is 23.8 Å². The minimum atomic E-state index is -0.117. The van der Waals surface area contributed by atoms with Crippen LogP contribution < -0.4 is 20.3 Å². The second-order valence-corrected chi connectivity index (χ2v) is 5.31. The predicted octanol–water partition coefficient (Wildman–Crippen LogP) is 1.69. The molecular formula is C16H25N3O2. The van der Waals surface area contributed by atoms with E-state index < -0.39 is 0 Å². The zero-order valence-electron chi connectivity index (χ0n) is 13.3. The van der Waals surface area contributed by atoms with Gasteiger partial charge >= 0.3 is 0 Å². The van der Waals surface area contributed by atoms with E-state index in [1.807, 2.05) is 26.1 Å². The third kappa shape index (κ3) is 2.97. The van der Waals surface area contributed by atoms with Crippen LogP contribution in [0.25, 0.3) is 0 Å². The monoisotopic (exact) mass is 291 g/mol. The SMILES string of the molecule is CCC1C(=O)NCCN1c1cccc(OC)c1C(C)NC. The van der Waals surface area contributed by atoms with Gasteiger partial charge in [0, 0.05) is 30.4 Å². The number of piperazine rings is 1. The van der Waals surface area contributed by atoms with E-state index in [9.17, 15) is 4.79 Å². The summed E-state index contributed by atoms with van der Waals surface area (Å²) in [5, 5.41) is 6.22. The van der Waals surface area contributed by atoms with E-state index in [1.54, 1.807) is 7.11 Å². The lowest BCUT2D eigenvalue weighted by atomic mass is 10.0. The lowest BCUT2D eigenvalue weighted by Gasteiger charge is -2.38. The fourth-order valence-electron chi connectivity index (χ4n) is 2.95. The summed E-state index contributed by atoms with van der Waals surface area (Å²) in [5.74, 6) is 0.963. The maximum Gasteiger partial charge on any atom is 0.242 e. The molecule has 1 aliphatic heterocycles. The largest absolute Gasteiger partial charge is 0.496 e. The van der Waals surface area contributed by atoms with E-state index in [0.717, 1.165) is 30.0 Å². The first-order chi connectivity index (χ1) is 10.1. The smallest absolute Gasteiger partial charge is 0.242 e. The van der Waals surface area contributed by atoms with Gasteiger partial charge in [0.05, 0.1) is 7.11 Å². The molecule has 21 heavy (non-hydrogen) atoms. The third-order valence-electron chi connectivity index (χ3n) is 4.16. The summed E-state index contributed by atoms with van der Waals surface area (Å²) in [6.45, 7) is 5.65. The molecule has 1 aromatic rings. The van der Waals surface area contributed by atoms with Gasteiger partial charge in [0.2, 0.25) is 5.91 Å². The van der Waals surface area contributed by atoms with Crippen molar-refractivity contribution in [1.82, 2.24) is 10.6 Å². The van der Waals surface area contributed by atoms with Crippen molar-refractivity contribution in [3.63, 3.8) is 0 Å². The van der Waals surface area contributed by atoms with Gasteiger partial charge in [-0.1, -0.05) is 13.0 Å². The van der Waals surface area contributed by atoms with Gasteiger partial charge < -0.3 is 20.3 Å². The third-order valence-corrected chi connectivity index (χ3v) is 4.16. The van der Waals surface area contributed by atoms with Crippen LogP contribution in [0.5, 0.6) is 5.75 Å². The highest BCUT2D eigenvalue weighted by Crippen LogP contribution is 2.36. The van der Waals surface area contributed by atoms with Crippen LogP contribution in [0.15, 0.2) is 18.2 Å². The molecule has 2 rings (SSSR count). The molecular weight excluding hydrogens is 266 g/mol. The molecule has 2 unspecified atom stereocenters. The van der Waals surface area contributed by atoms with E-state index in [-0.39, 0.29) is 18.0 Å². The number of hydrogen-bond donors (Lipinski definition) is 2. The second kappa shape index (κ2) is 6.80. The topological polar surface area (TPSA) is 53.6 Å². The van der Waals surface area contributed by atoms with E-state index in [2.05, 4.69) is 28.5 Å². The Labute approximate surface area is 126 Å². The lowest BCUT2D eigenvalue weighted by molar-refractivity contribution is -0.123. The first-order valence-electron chi connectivity index (χ1n) is 7.52. The van der Waals surface area contributed by atoms with E-state index >= 15 is 0 Å². The molecule has 116 valence electrons. The second-order valence-electron chi connectivity index (χ2n) is 5.31. The molecule has 1 fully saturated rings. The Morgan fingerprint density at radius 1 is 1.52 bits per heavy atom. The number of nitrogens with zero attached hydrogens (tertiary/aromatic N) is 1. The molecule has 5 heteroatoms. The summed E-state index contributed by atoms with van der Waals surface area (Å²) in [6.07, 6.45) is 0.788. The van der Waals surface area contributed by atoms with Gasteiger partial charge in [-0.3, -0.25) is 4.79 Å². The molecule has 1 aromatic carbocycles. The Morgan fingerprint density at radius 2 is 2.29 bits per heavy atom. The number of benzene rings is 1. The Bertz CT molecular complexity index is 504.